The van der Waals surface area contributed by atoms with Gasteiger partial charge in [0.2, 0.25) is 0 Å². The van der Waals surface area contributed by atoms with Gasteiger partial charge < -0.3 is 9.47 Å². The molecule has 2 aliphatic heterocycles. The molecule has 1 aromatic carbocycles. The van der Waals surface area contributed by atoms with Crippen LogP contribution in [0, 0.1) is 6.92 Å². The Labute approximate surface area is 184 Å². The number of amides is 1. The average Bonchev–Trinajstić information content (AvgIpc) is 3.42. The number of aryl methyl sites for hydroxylation is 2. The summed E-state index contributed by atoms with van der Waals surface area (Å²) in [6.07, 6.45) is 6.43. The van der Waals surface area contributed by atoms with Gasteiger partial charge in [-0.2, -0.15) is 0 Å². The largest absolute Gasteiger partial charge is 0.328 e. The van der Waals surface area contributed by atoms with E-state index < -0.39 is 0 Å². The lowest BCUT2D eigenvalue weighted by Crippen LogP contribution is -2.32. The Morgan fingerprint density at radius 1 is 1.17 bits per heavy atom. The number of hydrogen-bond acceptors (Lipinski definition) is 5. The fourth-order valence-electron chi connectivity index (χ4n) is 4.50. The summed E-state index contributed by atoms with van der Waals surface area (Å²) < 4.78 is 2.26. The van der Waals surface area contributed by atoms with Gasteiger partial charge in [-0.15, -0.1) is 21.5 Å². The molecular formula is C22H24ClN5OS. The minimum absolute atomic E-state index is 0.00651. The number of halogens is 1. The van der Waals surface area contributed by atoms with Crippen LogP contribution in [0.25, 0.3) is 10.6 Å². The summed E-state index contributed by atoms with van der Waals surface area (Å²) in [5.74, 6) is 2.07. The Hall–Kier alpha value is -2.25. The molecule has 1 atom stereocenters. The van der Waals surface area contributed by atoms with Gasteiger partial charge in [-0.1, -0.05) is 30.2 Å². The fraction of sp³-hybridized carbons (Fsp3) is 0.455. The van der Waals surface area contributed by atoms with E-state index >= 15 is 0 Å². The normalized spacial score (nSPS) is 19.0. The molecule has 0 radical (unpaired) electrons. The average molecular weight is 442 g/mol. The molecule has 30 heavy (non-hydrogen) atoms. The third-order valence-corrected chi connectivity index (χ3v) is 7.44. The Balaban J connectivity index is 1.44. The van der Waals surface area contributed by atoms with E-state index in [2.05, 4.69) is 19.7 Å². The second-order valence-electron chi connectivity index (χ2n) is 8.04. The maximum Gasteiger partial charge on any atom is 0.266 e. The van der Waals surface area contributed by atoms with E-state index in [0.717, 1.165) is 73.1 Å². The number of rotatable bonds is 3. The first-order valence-electron chi connectivity index (χ1n) is 10.6. The van der Waals surface area contributed by atoms with Crippen LogP contribution in [0.5, 0.6) is 0 Å². The van der Waals surface area contributed by atoms with E-state index in [-0.39, 0.29) is 11.9 Å². The molecule has 3 aromatic rings. The van der Waals surface area contributed by atoms with Crippen LogP contribution in [0.2, 0.25) is 5.02 Å². The predicted octanol–water partition coefficient (Wildman–Crippen LogP) is 5.07. The van der Waals surface area contributed by atoms with E-state index in [0.29, 0.717) is 9.90 Å². The molecule has 2 aliphatic rings. The maximum atomic E-state index is 13.5. The zero-order valence-corrected chi connectivity index (χ0v) is 18.5. The van der Waals surface area contributed by atoms with Crippen molar-refractivity contribution in [3.8, 4) is 10.6 Å². The van der Waals surface area contributed by atoms with E-state index in [1.54, 1.807) is 0 Å². The Kier molecular flexibility index (Phi) is 5.33. The first kappa shape index (κ1) is 19.7. The highest BCUT2D eigenvalue weighted by atomic mass is 35.5. The first-order valence-corrected chi connectivity index (χ1v) is 11.8. The molecule has 0 saturated carbocycles. The number of hydrogen-bond donors (Lipinski definition) is 0. The van der Waals surface area contributed by atoms with Crippen LogP contribution in [0.15, 0.2) is 24.3 Å². The van der Waals surface area contributed by atoms with Crippen LogP contribution < -0.4 is 0 Å². The van der Waals surface area contributed by atoms with Crippen molar-refractivity contribution in [2.24, 2.45) is 0 Å². The van der Waals surface area contributed by atoms with Crippen molar-refractivity contribution in [2.75, 3.05) is 6.54 Å². The van der Waals surface area contributed by atoms with Gasteiger partial charge in [-0.3, -0.25) is 4.79 Å². The monoisotopic (exact) mass is 441 g/mol. The van der Waals surface area contributed by atoms with Crippen molar-refractivity contribution < 1.29 is 4.79 Å². The number of likely N-dealkylation sites (tertiary alicyclic amines) is 1. The fourth-order valence-corrected chi connectivity index (χ4v) is 5.71. The molecule has 1 fully saturated rings. The lowest BCUT2D eigenvalue weighted by atomic mass is 10.2. The molecule has 0 aliphatic carbocycles. The SMILES string of the molecule is Cc1nc(-c2cccc(Cl)c2)sc1C(=O)N1CCC[C@@H]1c1nnc2n1CCCCC2. The molecule has 0 spiro atoms. The second-order valence-corrected chi connectivity index (χ2v) is 9.47. The summed E-state index contributed by atoms with van der Waals surface area (Å²) in [5.41, 5.74) is 1.71. The van der Waals surface area contributed by atoms with Crippen molar-refractivity contribution in [3.63, 3.8) is 0 Å². The molecule has 1 saturated heterocycles. The zero-order chi connectivity index (χ0) is 20.7. The molecule has 5 rings (SSSR count). The quantitative estimate of drug-likeness (QED) is 0.569. The highest BCUT2D eigenvalue weighted by molar-refractivity contribution is 7.17. The van der Waals surface area contributed by atoms with E-state index in [4.69, 9.17) is 11.6 Å². The van der Waals surface area contributed by atoms with Gasteiger partial charge in [-0.25, -0.2) is 4.98 Å². The number of thiazole rings is 1. The summed E-state index contributed by atoms with van der Waals surface area (Å²) >= 11 is 7.58. The summed E-state index contributed by atoms with van der Waals surface area (Å²) in [4.78, 5) is 20.9. The lowest BCUT2D eigenvalue weighted by molar-refractivity contribution is 0.0731. The highest BCUT2D eigenvalue weighted by Gasteiger charge is 2.36. The summed E-state index contributed by atoms with van der Waals surface area (Å²) in [6.45, 7) is 3.61. The standard InChI is InChI=1S/C22H24ClN5OS/c1-14-19(30-21(24-14)15-7-5-8-16(23)13-15)22(29)27-12-6-9-17(27)20-26-25-18-10-3-2-4-11-28(18)20/h5,7-8,13,17H,2-4,6,9-12H2,1H3/t17-/m1/s1. The maximum absolute atomic E-state index is 13.5. The number of carbonyl (C=O) groups is 1. The number of nitrogens with zero attached hydrogens (tertiary/aromatic N) is 5. The van der Waals surface area contributed by atoms with Crippen LogP contribution in [-0.4, -0.2) is 37.1 Å². The van der Waals surface area contributed by atoms with Gasteiger partial charge in [0, 0.05) is 30.1 Å². The number of carbonyl (C=O) groups excluding carboxylic acids is 1. The molecule has 8 heteroatoms. The molecule has 0 bridgehead atoms. The summed E-state index contributed by atoms with van der Waals surface area (Å²) in [6, 6.07) is 7.60. The molecule has 0 unspecified atom stereocenters. The van der Waals surface area contributed by atoms with Crippen molar-refractivity contribution >= 4 is 28.8 Å². The highest BCUT2D eigenvalue weighted by Crippen LogP contribution is 2.36. The van der Waals surface area contributed by atoms with Crippen molar-refractivity contribution in [1.29, 1.82) is 0 Å². The van der Waals surface area contributed by atoms with Crippen LogP contribution >= 0.6 is 22.9 Å². The third-order valence-electron chi connectivity index (χ3n) is 6.01. The van der Waals surface area contributed by atoms with Crippen molar-refractivity contribution in [3.05, 3.63) is 51.5 Å². The van der Waals surface area contributed by atoms with Crippen LogP contribution in [0.3, 0.4) is 0 Å². The molecule has 156 valence electrons. The molecule has 4 heterocycles. The van der Waals surface area contributed by atoms with Gasteiger partial charge in [-0.05, 0) is 44.7 Å². The number of fused-ring (bicyclic) bond motifs is 1. The smallest absolute Gasteiger partial charge is 0.266 e. The van der Waals surface area contributed by atoms with Gasteiger partial charge in [0.05, 0.1) is 11.7 Å². The molecule has 0 N–H and O–H groups in total. The Morgan fingerprint density at radius 2 is 2.07 bits per heavy atom. The topological polar surface area (TPSA) is 63.9 Å². The molecular weight excluding hydrogens is 418 g/mol. The number of benzene rings is 1. The van der Waals surface area contributed by atoms with E-state index in [1.807, 2.05) is 36.1 Å². The minimum atomic E-state index is -0.00651. The van der Waals surface area contributed by atoms with E-state index in [9.17, 15) is 4.79 Å². The molecule has 6 nitrogen and oxygen atoms in total. The predicted molar refractivity (Wildman–Crippen MR) is 118 cm³/mol. The van der Waals surface area contributed by atoms with Crippen molar-refractivity contribution in [1.82, 2.24) is 24.6 Å². The lowest BCUT2D eigenvalue weighted by Gasteiger charge is -2.24. The second kappa shape index (κ2) is 8.12. The van der Waals surface area contributed by atoms with Gasteiger partial charge in [0.25, 0.3) is 5.91 Å². The summed E-state index contributed by atoms with van der Waals surface area (Å²) in [7, 11) is 0. The molecule has 1 amide bonds. The van der Waals surface area contributed by atoms with Gasteiger partial charge >= 0.3 is 0 Å². The first-order chi connectivity index (χ1) is 14.6. The van der Waals surface area contributed by atoms with Gasteiger partial charge in [0.15, 0.2) is 5.82 Å². The van der Waals surface area contributed by atoms with E-state index in [1.165, 1.54) is 17.8 Å². The van der Waals surface area contributed by atoms with Crippen LogP contribution in [0.4, 0.5) is 0 Å². The van der Waals surface area contributed by atoms with Crippen LogP contribution in [-0.2, 0) is 13.0 Å². The van der Waals surface area contributed by atoms with Crippen molar-refractivity contribution in [2.45, 2.75) is 58.0 Å². The Bertz CT molecular complexity index is 1090. The Morgan fingerprint density at radius 3 is 2.93 bits per heavy atom. The zero-order valence-electron chi connectivity index (χ0n) is 17.0. The van der Waals surface area contributed by atoms with Crippen LogP contribution in [0.1, 0.15) is 65.2 Å². The third kappa shape index (κ3) is 3.54. The summed E-state index contributed by atoms with van der Waals surface area (Å²) in [5, 5.41) is 10.5. The minimum Gasteiger partial charge on any atom is -0.328 e. The molecule has 2 aromatic heterocycles. The van der Waals surface area contributed by atoms with Gasteiger partial charge in [0.1, 0.15) is 15.7 Å². The number of aromatic nitrogens is 4.